The Hall–Kier alpha value is -2.57. The molecule has 2 heterocycles. The fraction of sp³-hybridized carbons (Fsp3) is 0.250. The molecule has 0 aliphatic carbocycles. The lowest BCUT2D eigenvalue weighted by atomic mass is 10.0. The molecule has 3 aromatic rings. The summed E-state index contributed by atoms with van der Waals surface area (Å²) in [6.07, 6.45) is 1.63. The summed E-state index contributed by atoms with van der Waals surface area (Å²) in [5.74, 6) is -0.0511. The fourth-order valence-electron chi connectivity index (χ4n) is 3.29. The molecule has 4 rings (SSSR count). The lowest BCUT2D eigenvalue weighted by molar-refractivity contribution is 0.151. The molecule has 0 radical (unpaired) electrons. The Kier molecular flexibility index (Phi) is 4.77. The Balaban J connectivity index is 1.52. The molecule has 1 aliphatic rings. The number of rotatable bonds is 4. The van der Waals surface area contributed by atoms with Crippen molar-refractivity contribution < 1.29 is 13.2 Å². The Morgan fingerprint density at radius 2 is 1.96 bits per heavy atom. The molecule has 4 nitrogen and oxygen atoms in total. The summed E-state index contributed by atoms with van der Waals surface area (Å²) >= 11 is 0. The third-order valence-corrected chi connectivity index (χ3v) is 4.60. The predicted octanol–water partition coefficient (Wildman–Crippen LogP) is 3.77. The maximum absolute atomic E-state index is 13.6. The zero-order valence-corrected chi connectivity index (χ0v) is 14.2. The molecular formula is C20H19F2N3O. The first-order valence-electron chi connectivity index (χ1n) is 8.59. The molecule has 2 aromatic carbocycles. The Morgan fingerprint density at radius 1 is 1.12 bits per heavy atom. The standard InChI is InChI=1S/C20H19F2N3O/c21-16-6-4-14(5-7-16)20-24-18(13-26-20)12-25-9-8-23-11-19(25)15-2-1-3-17(22)10-15/h1-7,10,13,19,23H,8-9,11-12H2. The summed E-state index contributed by atoms with van der Waals surface area (Å²) in [7, 11) is 0. The molecule has 0 amide bonds. The molecule has 0 saturated carbocycles. The fourth-order valence-corrected chi connectivity index (χ4v) is 3.29. The van der Waals surface area contributed by atoms with E-state index in [4.69, 9.17) is 4.42 Å². The number of nitrogens with one attached hydrogen (secondary N) is 1. The quantitative estimate of drug-likeness (QED) is 0.774. The van der Waals surface area contributed by atoms with Crippen LogP contribution in [0.25, 0.3) is 11.5 Å². The Bertz CT molecular complexity index is 879. The van der Waals surface area contributed by atoms with Crippen molar-refractivity contribution in [2.45, 2.75) is 12.6 Å². The molecular weight excluding hydrogens is 336 g/mol. The second-order valence-electron chi connectivity index (χ2n) is 6.40. The number of oxazole rings is 1. The highest BCUT2D eigenvalue weighted by molar-refractivity contribution is 5.52. The molecule has 134 valence electrons. The van der Waals surface area contributed by atoms with Crippen molar-refractivity contribution in [3.05, 3.63) is 77.7 Å². The number of piperazine rings is 1. The van der Waals surface area contributed by atoms with E-state index in [0.717, 1.165) is 36.5 Å². The van der Waals surface area contributed by atoms with Crippen LogP contribution >= 0.6 is 0 Å². The second-order valence-corrected chi connectivity index (χ2v) is 6.40. The average Bonchev–Trinajstić information content (AvgIpc) is 3.11. The SMILES string of the molecule is Fc1ccc(-c2nc(CN3CCNCC3c3cccc(F)c3)co2)cc1. The van der Waals surface area contributed by atoms with Crippen molar-refractivity contribution in [3.8, 4) is 11.5 Å². The van der Waals surface area contributed by atoms with E-state index in [1.807, 2.05) is 6.07 Å². The number of benzene rings is 2. The van der Waals surface area contributed by atoms with Crippen LogP contribution in [0.5, 0.6) is 0 Å². The second kappa shape index (κ2) is 7.35. The minimum Gasteiger partial charge on any atom is -0.444 e. The van der Waals surface area contributed by atoms with Crippen LogP contribution in [0, 0.1) is 11.6 Å². The molecule has 1 aliphatic heterocycles. The van der Waals surface area contributed by atoms with Crippen molar-refractivity contribution in [2.75, 3.05) is 19.6 Å². The third kappa shape index (κ3) is 3.66. The first-order valence-corrected chi connectivity index (χ1v) is 8.59. The predicted molar refractivity (Wildman–Crippen MR) is 94.3 cm³/mol. The number of nitrogens with zero attached hydrogens (tertiary/aromatic N) is 2. The van der Waals surface area contributed by atoms with E-state index in [1.54, 1.807) is 30.5 Å². The van der Waals surface area contributed by atoms with Crippen LogP contribution in [0.4, 0.5) is 8.78 Å². The molecule has 0 bridgehead atoms. The van der Waals surface area contributed by atoms with Gasteiger partial charge in [-0.2, -0.15) is 0 Å². The van der Waals surface area contributed by atoms with Crippen molar-refractivity contribution in [2.24, 2.45) is 0 Å². The largest absolute Gasteiger partial charge is 0.444 e. The van der Waals surface area contributed by atoms with E-state index in [2.05, 4.69) is 15.2 Å². The van der Waals surface area contributed by atoms with E-state index in [1.165, 1.54) is 18.2 Å². The van der Waals surface area contributed by atoms with E-state index < -0.39 is 0 Å². The number of aromatic nitrogens is 1. The van der Waals surface area contributed by atoms with Gasteiger partial charge in [-0.05, 0) is 42.0 Å². The van der Waals surface area contributed by atoms with Gasteiger partial charge >= 0.3 is 0 Å². The van der Waals surface area contributed by atoms with E-state index in [9.17, 15) is 8.78 Å². The molecule has 26 heavy (non-hydrogen) atoms. The van der Waals surface area contributed by atoms with Crippen LogP contribution in [0.1, 0.15) is 17.3 Å². The minimum absolute atomic E-state index is 0.0745. The topological polar surface area (TPSA) is 41.3 Å². The average molecular weight is 355 g/mol. The first kappa shape index (κ1) is 16.9. The van der Waals surface area contributed by atoms with E-state index in [-0.39, 0.29) is 17.7 Å². The number of hydrogen-bond donors (Lipinski definition) is 1. The summed E-state index contributed by atoms with van der Waals surface area (Å²) in [5, 5.41) is 3.36. The Morgan fingerprint density at radius 3 is 2.77 bits per heavy atom. The maximum Gasteiger partial charge on any atom is 0.226 e. The lowest BCUT2D eigenvalue weighted by Crippen LogP contribution is -2.45. The summed E-state index contributed by atoms with van der Waals surface area (Å²) in [4.78, 5) is 6.79. The van der Waals surface area contributed by atoms with E-state index in [0.29, 0.717) is 12.4 Å². The van der Waals surface area contributed by atoms with Gasteiger partial charge in [0.25, 0.3) is 0 Å². The number of hydrogen-bond acceptors (Lipinski definition) is 4. The van der Waals surface area contributed by atoms with Crippen LogP contribution in [-0.2, 0) is 6.54 Å². The summed E-state index contributed by atoms with van der Waals surface area (Å²) in [6.45, 7) is 3.06. The van der Waals surface area contributed by atoms with Gasteiger partial charge in [0, 0.05) is 37.8 Å². The van der Waals surface area contributed by atoms with Crippen LogP contribution in [0.15, 0.2) is 59.2 Å². The highest BCUT2D eigenvalue weighted by Crippen LogP contribution is 2.26. The number of halogens is 2. The summed E-state index contributed by atoms with van der Waals surface area (Å²) in [5.41, 5.74) is 2.48. The van der Waals surface area contributed by atoms with Crippen LogP contribution in [0.3, 0.4) is 0 Å². The molecule has 1 saturated heterocycles. The van der Waals surface area contributed by atoms with Crippen molar-refractivity contribution in [3.63, 3.8) is 0 Å². The minimum atomic E-state index is -0.292. The van der Waals surface area contributed by atoms with E-state index >= 15 is 0 Å². The summed E-state index contributed by atoms with van der Waals surface area (Å²) < 4.78 is 32.2. The molecule has 1 aromatic heterocycles. The third-order valence-electron chi connectivity index (χ3n) is 4.60. The molecule has 1 unspecified atom stereocenters. The van der Waals surface area contributed by atoms with Gasteiger partial charge < -0.3 is 9.73 Å². The first-order chi connectivity index (χ1) is 12.7. The zero-order valence-electron chi connectivity index (χ0n) is 14.2. The van der Waals surface area contributed by atoms with Gasteiger partial charge in [0.2, 0.25) is 5.89 Å². The van der Waals surface area contributed by atoms with Gasteiger partial charge in [-0.25, -0.2) is 13.8 Å². The van der Waals surface area contributed by atoms with Crippen molar-refractivity contribution in [1.29, 1.82) is 0 Å². The van der Waals surface area contributed by atoms with Gasteiger partial charge in [0.15, 0.2) is 0 Å². The highest BCUT2D eigenvalue weighted by atomic mass is 19.1. The lowest BCUT2D eigenvalue weighted by Gasteiger charge is -2.36. The highest BCUT2D eigenvalue weighted by Gasteiger charge is 2.25. The van der Waals surface area contributed by atoms with Gasteiger partial charge in [-0.15, -0.1) is 0 Å². The molecule has 1 fully saturated rings. The van der Waals surface area contributed by atoms with Crippen LogP contribution in [-0.4, -0.2) is 29.5 Å². The molecule has 1 atom stereocenters. The van der Waals surface area contributed by atoms with Crippen molar-refractivity contribution >= 4 is 0 Å². The van der Waals surface area contributed by atoms with Gasteiger partial charge in [0.1, 0.15) is 17.9 Å². The van der Waals surface area contributed by atoms with Crippen molar-refractivity contribution in [1.82, 2.24) is 15.2 Å². The monoisotopic (exact) mass is 355 g/mol. The molecule has 0 spiro atoms. The van der Waals surface area contributed by atoms with Crippen LogP contribution in [0.2, 0.25) is 0 Å². The normalized spacial score (nSPS) is 18.2. The summed E-state index contributed by atoms with van der Waals surface area (Å²) in [6, 6.07) is 12.8. The van der Waals surface area contributed by atoms with Gasteiger partial charge in [-0.3, -0.25) is 4.90 Å². The zero-order chi connectivity index (χ0) is 17.9. The van der Waals surface area contributed by atoms with Gasteiger partial charge in [-0.1, -0.05) is 12.1 Å². The maximum atomic E-state index is 13.6. The Labute approximate surface area is 150 Å². The molecule has 1 N–H and O–H groups in total. The van der Waals surface area contributed by atoms with Gasteiger partial charge in [0.05, 0.1) is 5.69 Å². The molecule has 6 heteroatoms. The van der Waals surface area contributed by atoms with Crippen LogP contribution < -0.4 is 5.32 Å². The smallest absolute Gasteiger partial charge is 0.226 e.